The molecule has 2 bridgehead atoms. The van der Waals surface area contributed by atoms with Gasteiger partial charge in [0.1, 0.15) is 23.8 Å². The monoisotopic (exact) mass is 573 g/mol. The van der Waals surface area contributed by atoms with Crippen molar-refractivity contribution in [3.63, 3.8) is 0 Å². The Kier molecular flexibility index (Phi) is 5.98. The number of hydrogen-bond donors (Lipinski definition) is 2. The highest BCUT2D eigenvalue weighted by Crippen LogP contribution is 2.42. The van der Waals surface area contributed by atoms with Gasteiger partial charge in [0.25, 0.3) is 0 Å². The van der Waals surface area contributed by atoms with E-state index in [0.717, 1.165) is 62.6 Å². The van der Waals surface area contributed by atoms with Crippen molar-refractivity contribution in [1.29, 1.82) is 0 Å². The highest BCUT2D eigenvalue weighted by molar-refractivity contribution is 6.34. The molecular weight excluding hydrogens is 541 g/mol. The number of halogens is 2. The molecule has 41 heavy (non-hydrogen) atoms. The Morgan fingerprint density at radius 3 is 2.56 bits per heavy atom. The first-order valence-electron chi connectivity index (χ1n) is 14.7. The van der Waals surface area contributed by atoms with Crippen LogP contribution in [0, 0.1) is 5.82 Å². The van der Waals surface area contributed by atoms with Crippen LogP contribution < -0.4 is 20.7 Å². The second-order valence-corrected chi connectivity index (χ2v) is 12.5. The molecule has 6 heterocycles. The number of aromatic nitrogens is 3. The van der Waals surface area contributed by atoms with E-state index in [4.69, 9.17) is 32.0 Å². The van der Waals surface area contributed by atoms with E-state index < -0.39 is 5.82 Å². The number of benzene rings is 2. The van der Waals surface area contributed by atoms with Gasteiger partial charge in [0.2, 0.25) is 0 Å². The summed E-state index contributed by atoms with van der Waals surface area (Å²) in [5.74, 6) is 0.437. The molecule has 0 amide bonds. The first-order valence-corrected chi connectivity index (χ1v) is 15.1. The van der Waals surface area contributed by atoms with Gasteiger partial charge in [-0.3, -0.25) is 4.90 Å². The van der Waals surface area contributed by atoms with E-state index in [9.17, 15) is 0 Å². The van der Waals surface area contributed by atoms with Crippen LogP contribution in [-0.2, 0) is 0 Å². The van der Waals surface area contributed by atoms with Crippen LogP contribution in [0.4, 0.5) is 16.0 Å². The minimum absolute atomic E-state index is 0.0285. The Labute approximate surface area is 243 Å². The second-order valence-electron chi connectivity index (χ2n) is 12.1. The first kappa shape index (κ1) is 25.4. The largest absolute Gasteiger partial charge is 0.461 e. The lowest BCUT2D eigenvalue weighted by molar-refractivity contribution is 0.108. The molecule has 0 radical (unpaired) electrons. The Balaban J connectivity index is 1.28. The summed E-state index contributed by atoms with van der Waals surface area (Å²) in [6.07, 6.45) is 6.81. The van der Waals surface area contributed by atoms with E-state index in [1.165, 1.54) is 12.8 Å². The third-order valence-electron chi connectivity index (χ3n) is 9.64. The van der Waals surface area contributed by atoms with Crippen LogP contribution >= 0.6 is 11.6 Å². The SMILES string of the molecule is Nc1cc2ccccc2c(-c2c(Cl)cc3c(N4CC5CCC(C4)N5)nc(OCC45CCCN4CCC5)nc3c2F)n1. The summed E-state index contributed by atoms with van der Waals surface area (Å²) in [5.41, 5.74) is 6.97. The van der Waals surface area contributed by atoms with Gasteiger partial charge in [-0.1, -0.05) is 35.9 Å². The third kappa shape index (κ3) is 4.20. The number of fused-ring (bicyclic) bond motifs is 5. The Morgan fingerprint density at radius 2 is 1.78 bits per heavy atom. The molecule has 3 N–H and O–H groups in total. The highest BCUT2D eigenvalue weighted by atomic mass is 35.5. The van der Waals surface area contributed by atoms with E-state index in [1.54, 1.807) is 12.1 Å². The molecule has 4 aromatic rings. The molecule has 4 saturated heterocycles. The molecule has 2 atom stereocenters. The van der Waals surface area contributed by atoms with Crippen molar-refractivity contribution >= 4 is 44.9 Å². The fourth-order valence-corrected chi connectivity index (χ4v) is 8.00. The molecule has 0 saturated carbocycles. The summed E-state index contributed by atoms with van der Waals surface area (Å²) < 4.78 is 23.2. The third-order valence-corrected chi connectivity index (χ3v) is 9.93. The summed E-state index contributed by atoms with van der Waals surface area (Å²) in [6, 6.07) is 12.2. The number of rotatable bonds is 5. The molecule has 4 aliphatic heterocycles. The lowest BCUT2D eigenvalue weighted by Gasteiger charge is -2.35. The maximum atomic E-state index is 16.8. The van der Waals surface area contributed by atoms with Crippen LogP contribution in [0.15, 0.2) is 36.4 Å². The van der Waals surface area contributed by atoms with Crippen molar-refractivity contribution in [3.8, 4) is 17.3 Å². The van der Waals surface area contributed by atoms with Crippen LogP contribution in [0.25, 0.3) is 32.9 Å². The van der Waals surface area contributed by atoms with Crippen molar-refractivity contribution in [3.05, 3.63) is 47.2 Å². The van der Waals surface area contributed by atoms with Crippen molar-refractivity contribution < 1.29 is 9.13 Å². The molecule has 4 aliphatic rings. The van der Waals surface area contributed by atoms with Crippen LogP contribution in [0.1, 0.15) is 38.5 Å². The Hall–Kier alpha value is -3.27. The van der Waals surface area contributed by atoms with Crippen LogP contribution in [0.2, 0.25) is 5.02 Å². The van der Waals surface area contributed by atoms with Gasteiger partial charge in [0.15, 0.2) is 5.82 Å². The zero-order chi connectivity index (χ0) is 27.7. The van der Waals surface area contributed by atoms with Crippen molar-refractivity contribution in [2.75, 3.05) is 43.4 Å². The summed E-state index contributed by atoms with van der Waals surface area (Å²) in [5, 5.41) is 6.15. The van der Waals surface area contributed by atoms with Crippen LogP contribution in [-0.4, -0.2) is 70.3 Å². The lowest BCUT2D eigenvalue weighted by Crippen LogP contribution is -2.51. The van der Waals surface area contributed by atoms with Crippen molar-refractivity contribution in [2.24, 2.45) is 0 Å². The summed E-state index contributed by atoms with van der Waals surface area (Å²) in [7, 11) is 0. The van der Waals surface area contributed by atoms with Gasteiger partial charge in [-0.2, -0.15) is 9.97 Å². The van der Waals surface area contributed by atoms with Gasteiger partial charge >= 0.3 is 6.01 Å². The van der Waals surface area contributed by atoms with E-state index in [0.29, 0.717) is 41.4 Å². The predicted octanol–water partition coefficient (Wildman–Crippen LogP) is 5.17. The number of nitrogen functional groups attached to an aromatic ring is 1. The van der Waals surface area contributed by atoms with Gasteiger partial charge in [-0.15, -0.1) is 0 Å². The molecule has 2 unspecified atom stereocenters. The summed E-state index contributed by atoms with van der Waals surface area (Å²) in [6.45, 7) is 4.31. The van der Waals surface area contributed by atoms with Crippen LogP contribution in [0.5, 0.6) is 6.01 Å². The van der Waals surface area contributed by atoms with Crippen LogP contribution in [0.3, 0.4) is 0 Å². The smallest absolute Gasteiger partial charge is 0.319 e. The molecule has 2 aromatic carbocycles. The molecule has 212 valence electrons. The highest BCUT2D eigenvalue weighted by Gasteiger charge is 2.45. The van der Waals surface area contributed by atoms with E-state index in [1.807, 2.05) is 24.3 Å². The Morgan fingerprint density at radius 1 is 1.02 bits per heavy atom. The molecule has 8 rings (SSSR count). The second kappa shape index (κ2) is 9.64. The fourth-order valence-electron chi connectivity index (χ4n) is 7.72. The molecule has 0 spiro atoms. The normalized spacial score (nSPS) is 23.5. The standard InChI is InChI=1S/C31H33ClFN7O/c32-23-14-22-28(26(33)25(23)27-21-6-2-1-5-18(21)13-24(34)36-27)37-30(41-17-31-9-3-11-40(31)12-4-10-31)38-29(22)39-15-19-7-8-20(16-39)35-19/h1-2,5-6,13-14,19-20,35H,3-4,7-12,15-17H2,(H2,34,36). The fraction of sp³-hybridized carbons (Fsp3) is 0.452. The van der Waals surface area contributed by atoms with Gasteiger partial charge in [-0.25, -0.2) is 9.37 Å². The maximum Gasteiger partial charge on any atom is 0.319 e. The summed E-state index contributed by atoms with van der Waals surface area (Å²) >= 11 is 6.88. The molecule has 0 aliphatic carbocycles. The molecule has 4 fully saturated rings. The first-order chi connectivity index (χ1) is 20.0. The number of nitrogens with one attached hydrogen (secondary N) is 1. The van der Waals surface area contributed by atoms with Gasteiger partial charge in [-0.05, 0) is 69.1 Å². The average molecular weight is 574 g/mol. The average Bonchev–Trinajstić information content (AvgIpc) is 3.65. The van der Waals surface area contributed by atoms with E-state index in [-0.39, 0.29) is 27.7 Å². The maximum absolute atomic E-state index is 16.8. The predicted molar refractivity (Wildman–Crippen MR) is 160 cm³/mol. The van der Waals surface area contributed by atoms with Crippen molar-refractivity contribution in [1.82, 2.24) is 25.2 Å². The van der Waals surface area contributed by atoms with Crippen molar-refractivity contribution in [2.45, 2.75) is 56.1 Å². The number of nitrogens with two attached hydrogens (primary N) is 1. The molecule has 2 aromatic heterocycles. The molecule has 8 nitrogen and oxygen atoms in total. The number of ether oxygens (including phenoxy) is 1. The van der Waals surface area contributed by atoms with Gasteiger partial charge in [0, 0.05) is 35.9 Å². The number of hydrogen-bond acceptors (Lipinski definition) is 8. The zero-order valence-corrected chi connectivity index (χ0v) is 23.6. The van der Waals surface area contributed by atoms with Gasteiger partial charge < -0.3 is 20.7 Å². The molecular formula is C31H33ClFN7O. The van der Waals surface area contributed by atoms with E-state index in [2.05, 4.69) is 20.1 Å². The summed E-state index contributed by atoms with van der Waals surface area (Å²) in [4.78, 5) is 19.0. The zero-order valence-electron chi connectivity index (χ0n) is 22.9. The van der Waals surface area contributed by atoms with E-state index >= 15 is 4.39 Å². The minimum atomic E-state index is -0.538. The molecule has 10 heteroatoms. The number of nitrogens with zero attached hydrogens (tertiary/aromatic N) is 5. The number of anilines is 2. The topological polar surface area (TPSA) is 92.4 Å². The Bertz CT molecular complexity index is 1660. The van der Waals surface area contributed by atoms with Gasteiger partial charge in [0.05, 0.1) is 21.8 Å². The quantitative estimate of drug-likeness (QED) is 0.338. The number of piperazine rings is 1. The minimum Gasteiger partial charge on any atom is -0.461 e. The number of pyridine rings is 1. The lowest BCUT2D eigenvalue weighted by atomic mass is 9.95.